The van der Waals surface area contributed by atoms with Crippen LogP contribution in [0.5, 0.6) is 0 Å². The van der Waals surface area contributed by atoms with Crippen molar-refractivity contribution in [2.75, 3.05) is 31.7 Å². The van der Waals surface area contributed by atoms with Crippen LogP contribution in [0.1, 0.15) is 96.1 Å². The van der Waals surface area contributed by atoms with Crippen LogP contribution in [0.2, 0.25) is 0 Å². The number of amides is 1. The molecule has 0 radical (unpaired) electrons. The summed E-state index contributed by atoms with van der Waals surface area (Å²) >= 11 is 0. The number of pyridine rings is 1. The number of carbonyl (C=O) groups excluding carboxylic acids is 1. The van der Waals surface area contributed by atoms with E-state index in [0.717, 1.165) is 55.0 Å². The molecule has 7 nitrogen and oxygen atoms in total. The van der Waals surface area contributed by atoms with Gasteiger partial charge in [-0.25, -0.2) is 0 Å². The van der Waals surface area contributed by atoms with Crippen molar-refractivity contribution >= 4 is 11.6 Å². The van der Waals surface area contributed by atoms with E-state index < -0.39 is 0 Å². The van der Waals surface area contributed by atoms with Crippen molar-refractivity contribution < 1.29 is 9.53 Å². The molecule has 1 saturated heterocycles. The Kier molecular flexibility index (Phi) is 10.8. The zero-order valence-corrected chi connectivity index (χ0v) is 23.4. The van der Waals surface area contributed by atoms with Gasteiger partial charge in [0, 0.05) is 54.9 Å². The number of nitrogens with two attached hydrogens (primary N) is 1. The molecule has 4 N–H and O–H groups in total. The molecule has 2 aromatic rings. The Balaban J connectivity index is 0.00000186. The van der Waals surface area contributed by atoms with E-state index in [4.69, 9.17) is 4.74 Å². The number of hydrogen-bond acceptors (Lipinski definition) is 5. The summed E-state index contributed by atoms with van der Waals surface area (Å²) in [7, 11) is 1.50. The van der Waals surface area contributed by atoms with E-state index in [2.05, 4.69) is 46.9 Å². The van der Waals surface area contributed by atoms with E-state index in [0.29, 0.717) is 17.5 Å². The topological polar surface area (TPSA) is 100 Å². The lowest BCUT2D eigenvalue weighted by Gasteiger charge is -2.37. The van der Waals surface area contributed by atoms with Crippen molar-refractivity contribution in [1.29, 1.82) is 0 Å². The molecule has 4 rings (SSSR count). The molecule has 2 heterocycles. The number of nitrogens with one attached hydrogen (secondary N) is 2. The van der Waals surface area contributed by atoms with Gasteiger partial charge >= 0.3 is 0 Å². The fourth-order valence-corrected chi connectivity index (χ4v) is 5.90. The van der Waals surface area contributed by atoms with Gasteiger partial charge < -0.3 is 25.7 Å². The minimum Gasteiger partial charge on any atom is -0.381 e. The molecular formula is C30H46N4O3. The second-order valence-corrected chi connectivity index (χ2v) is 10.3. The smallest absolute Gasteiger partial charge is 0.253 e. The molecule has 37 heavy (non-hydrogen) atoms. The second-order valence-electron chi connectivity index (χ2n) is 10.3. The number of rotatable bonds is 7. The number of aromatic amines is 1. The number of carbonyl (C=O) groups is 1. The van der Waals surface area contributed by atoms with Crippen LogP contribution in [0.4, 0.5) is 5.69 Å². The van der Waals surface area contributed by atoms with E-state index in [9.17, 15) is 9.59 Å². The van der Waals surface area contributed by atoms with Crippen LogP contribution in [0.3, 0.4) is 0 Å². The van der Waals surface area contributed by atoms with E-state index in [1.807, 2.05) is 19.9 Å². The van der Waals surface area contributed by atoms with Gasteiger partial charge in [0.05, 0.1) is 0 Å². The highest BCUT2D eigenvalue weighted by atomic mass is 16.5. The third-order valence-corrected chi connectivity index (χ3v) is 7.93. The molecule has 2 fully saturated rings. The zero-order valence-electron chi connectivity index (χ0n) is 23.4. The molecule has 1 aliphatic carbocycles. The number of benzene rings is 1. The van der Waals surface area contributed by atoms with Crippen LogP contribution < -0.4 is 21.5 Å². The lowest BCUT2D eigenvalue weighted by atomic mass is 9.87. The van der Waals surface area contributed by atoms with Gasteiger partial charge in [-0.3, -0.25) is 9.59 Å². The lowest BCUT2D eigenvalue weighted by molar-refractivity contribution is 0.0853. The van der Waals surface area contributed by atoms with Crippen LogP contribution in [0, 0.1) is 20.8 Å². The minimum atomic E-state index is -0.134. The van der Waals surface area contributed by atoms with Gasteiger partial charge in [-0.2, -0.15) is 0 Å². The second kappa shape index (κ2) is 13.8. The van der Waals surface area contributed by atoms with Crippen molar-refractivity contribution in [3.63, 3.8) is 0 Å². The Morgan fingerprint density at radius 3 is 2.35 bits per heavy atom. The molecule has 1 aromatic carbocycles. The predicted molar refractivity (Wildman–Crippen MR) is 152 cm³/mol. The monoisotopic (exact) mass is 510 g/mol. The highest BCUT2D eigenvalue weighted by Crippen LogP contribution is 2.36. The Morgan fingerprint density at radius 2 is 1.73 bits per heavy atom. The first-order valence-electron chi connectivity index (χ1n) is 13.9. The summed E-state index contributed by atoms with van der Waals surface area (Å²) in [6.07, 6.45) is 8.27. The van der Waals surface area contributed by atoms with Crippen LogP contribution in [0.15, 0.2) is 23.0 Å². The minimum absolute atomic E-state index is 0.114. The van der Waals surface area contributed by atoms with E-state index >= 15 is 0 Å². The molecule has 2 aliphatic rings. The number of H-pyrrole nitrogens is 1. The van der Waals surface area contributed by atoms with Gasteiger partial charge in [0.15, 0.2) is 0 Å². The Labute approximate surface area is 222 Å². The van der Waals surface area contributed by atoms with Gasteiger partial charge in [0.25, 0.3) is 11.5 Å². The molecule has 0 bridgehead atoms. The maximum Gasteiger partial charge on any atom is 0.253 e. The zero-order chi connectivity index (χ0) is 26.9. The highest BCUT2D eigenvalue weighted by Gasteiger charge is 2.26. The molecule has 1 aliphatic heterocycles. The summed E-state index contributed by atoms with van der Waals surface area (Å²) in [5.41, 5.74) is 10.9. The van der Waals surface area contributed by atoms with Crippen molar-refractivity contribution in [2.45, 2.75) is 91.1 Å². The fraction of sp³-hybridized carbons (Fsp3) is 0.600. The summed E-state index contributed by atoms with van der Waals surface area (Å²) < 4.78 is 5.61. The number of aryl methyl sites for hydroxylation is 2. The molecule has 0 unspecified atom stereocenters. The molecule has 204 valence electrons. The van der Waals surface area contributed by atoms with Crippen LogP contribution in [0.25, 0.3) is 0 Å². The molecule has 1 aromatic heterocycles. The van der Waals surface area contributed by atoms with Gasteiger partial charge in [0.1, 0.15) is 0 Å². The van der Waals surface area contributed by atoms with E-state index in [-0.39, 0.29) is 18.0 Å². The first-order chi connectivity index (χ1) is 17.9. The van der Waals surface area contributed by atoms with Crippen LogP contribution in [-0.4, -0.2) is 43.7 Å². The van der Waals surface area contributed by atoms with E-state index in [1.165, 1.54) is 50.4 Å². The molecule has 1 amide bonds. The number of ether oxygens (including phenoxy) is 1. The van der Waals surface area contributed by atoms with Gasteiger partial charge in [-0.1, -0.05) is 19.3 Å². The average molecular weight is 511 g/mol. The quantitative estimate of drug-likeness (QED) is 0.494. The van der Waals surface area contributed by atoms with Gasteiger partial charge in [0.2, 0.25) is 0 Å². The summed E-state index contributed by atoms with van der Waals surface area (Å²) in [5, 5.41) is 3.05. The Bertz CT molecular complexity index is 1100. The maximum absolute atomic E-state index is 13.5. The predicted octanol–water partition coefficient (Wildman–Crippen LogP) is 4.86. The highest BCUT2D eigenvalue weighted by molar-refractivity contribution is 5.97. The normalized spacial score (nSPS) is 16.6. The molecule has 0 atom stereocenters. The van der Waals surface area contributed by atoms with Crippen molar-refractivity contribution in [3.05, 3.63) is 62.1 Å². The maximum atomic E-state index is 13.5. The van der Waals surface area contributed by atoms with Crippen molar-refractivity contribution in [2.24, 2.45) is 5.73 Å². The summed E-state index contributed by atoms with van der Waals surface area (Å²) in [5.74, 6) is 0.290. The first kappa shape index (κ1) is 28.9. The third-order valence-electron chi connectivity index (χ3n) is 7.93. The molecule has 7 heteroatoms. The summed E-state index contributed by atoms with van der Waals surface area (Å²) in [6.45, 7) is 10.8. The largest absolute Gasteiger partial charge is 0.381 e. The number of aromatic nitrogens is 1. The van der Waals surface area contributed by atoms with Crippen LogP contribution >= 0.6 is 0 Å². The Hall–Kier alpha value is -2.64. The number of hydrogen-bond donors (Lipinski definition) is 3. The summed E-state index contributed by atoms with van der Waals surface area (Å²) in [4.78, 5) is 31.4. The van der Waals surface area contributed by atoms with Crippen LogP contribution in [-0.2, 0) is 11.3 Å². The van der Waals surface area contributed by atoms with E-state index in [1.54, 1.807) is 0 Å². The standard InChI is InChI=1S/C29H41N3O3.CH5N/c1-5-32(24-9-7-6-8-10-24)27-17-23(22-11-13-35-14-12-22)16-25(21(27)4)28(33)30-18-26-19(2)15-20(3)31-29(26)34;1-2/h15-17,22,24H,5-14,18H2,1-4H3,(H,30,33)(H,31,34);2H2,1H3. The SMILES string of the molecule is CCN(c1cc(C2CCOCC2)cc(C(=O)NCc2c(C)cc(C)[nH]c2=O)c1C)C1CCCCC1.CN. The van der Waals surface area contributed by atoms with Crippen molar-refractivity contribution in [1.82, 2.24) is 10.3 Å². The van der Waals surface area contributed by atoms with Gasteiger partial charge in [-0.05, 0) is 101 Å². The lowest BCUT2D eigenvalue weighted by Crippen LogP contribution is -2.38. The average Bonchev–Trinajstić information content (AvgIpc) is 2.91. The van der Waals surface area contributed by atoms with Crippen molar-refractivity contribution in [3.8, 4) is 0 Å². The fourth-order valence-electron chi connectivity index (χ4n) is 5.90. The molecule has 0 spiro atoms. The molecular weight excluding hydrogens is 464 g/mol. The number of anilines is 1. The third kappa shape index (κ3) is 7.02. The first-order valence-corrected chi connectivity index (χ1v) is 13.9. The molecule has 1 saturated carbocycles. The van der Waals surface area contributed by atoms with Gasteiger partial charge in [-0.15, -0.1) is 0 Å². The Morgan fingerprint density at radius 1 is 1.05 bits per heavy atom. The summed E-state index contributed by atoms with van der Waals surface area (Å²) in [6, 6.07) is 6.91. The number of nitrogens with zero attached hydrogens (tertiary/aromatic N) is 1.